The molecule has 134 valence electrons. The van der Waals surface area contributed by atoms with E-state index in [2.05, 4.69) is 20.6 Å². The van der Waals surface area contributed by atoms with Crippen LogP contribution in [0.1, 0.15) is 21.0 Å². The topological polar surface area (TPSA) is 84.0 Å². The Hall–Kier alpha value is -3.68. The Morgan fingerprint density at radius 1 is 0.615 bits per heavy atom. The lowest BCUT2D eigenvalue weighted by Crippen LogP contribution is -2.18. The number of nitrogens with one attached hydrogen (secondary N) is 2. The van der Waals surface area contributed by atoms with Crippen LogP contribution < -0.4 is 10.6 Å². The van der Waals surface area contributed by atoms with Gasteiger partial charge in [0.15, 0.2) is 0 Å². The number of hydrogen-bond acceptors (Lipinski definition) is 4. The fourth-order valence-corrected chi connectivity index (χ4v) is 2.07. The summed E-state index contributed by atoms with van der Waals surface area (Å²) in [6, 6.07) is 17.1. The van der Waals surface area contributed by atoms with Crippen LogP contribution in [0.5, 0.6) is 0 Å². The van der Waals surface area contributed by atoms with E-state index in [1.807, 2.05) is 0 Å². The molecule has 0 fully saturated rings. The molecule has 0 unspecified atom stereocenters. The van der Waals surface area contributed by atoms with E-state index < -0.39 is 0 Å². The van der Waals surface area contributed by atoms with Crippen LogP contribution in [0.2, 0.25) is 0 Å². The highest BCUT2D eigenvalue weighted by molar-refractivity contribution is 6.08. The van der Waals surface area contributed by atoms with Crippen molar-refractivity contribution in [1.82, 2.24) is 9.97 Å². The predicted octanol–water partition coefficient (Wildman–Crippen LogP) is 3.29. The molecule has 0 radical (unpaired) electrons. The van der Waals surface area contributed by atoms with E-state index in [1.165, 1.54) is 0 Å². The van der Waals surface area contributed by atoms with Gasteiger partial charge < -0.3 is 10.6 Å². The number of nitrogens with zero attached hydrogens (tertiary/aromatic N) is 2. The Morgan fingerprint density at radius 2 is 1.00 bits per heavy atom. The van der Waals surface area contributed by atoms with Crippen LogP contribution in [0.25, 0.3) is 0 Å². The number of halogens is 2. The number of carbonyl (C=O) groups is 2. The molecule has 1 aromatic carbocycles. The summed E-state index contributed by atoms with van der Waals surface area (Å²) in [6.45, 7) is 0. The van der Waals surface area contributed by atoms with Crippen molar-refractivity contribution in [2.75, 3.05) is 10.6 Å². The van der Waals surface area contributed by atoms with Gasteiger partial charge in [-0.25, -0.2) is 0 Å². The summed E-state index contributed by atoms with van der Waals surface area (Å²) in [6.07, 6.45) is 3.09. The molecular weight excluding hydrogens is 342 g/mol. The average molecular weight is 358 g/mol. The Labute approximate surface area is 148 Å². The van der Waals surface area contributed by atoms with Crippen molar-refractivity contribution in [1.29, 1.82) is 0 Å². The first-order valence-electron chi connectivity index (χ1n) is 7.28. The molecule has 3 rings (SSSR count). The van der Waals surface area contributed by atoms with Crippen LogP contribution in [-0.4, -0.2) is 21.8 Å². The number of anilines is 2. The molecule has 6 nitrogen and oxygen atoms in total. The van der Waals surface area contributed by atoms with Gasteiger partial charge in [0.2, 0.25) is 0 Å². The monoisotopic (exact) mass is 358 g/mol. The maximum atomic E-state index is 12.2. The number of rotatable bonds is 4. The summed E-state index contributed by atoms with van der Waals surface area (Å²) in [5.41, 5.74) is 1.56. The van der Waals surface area contributed by atoms with Gasteiger partial charge in [0.1, 0.15) is 11.4 Å². The van der Waals surface area contributed by atoms with Gasteiger partial charge in [-0.05, 0) is 36.4 Å². The van der Waals surface area contributed by atoms with Gasteiger partial charge in [0, 0.05) is 12.4 Å². The van der Waals surface area contributed by atoms with Gasteiger partial charge in [-0.3, -0.25) is 29.0 Å². The van der Waals surface area contributed by atoms with Crippen LogP contribution in [0.3, 0.4) is 0 Å². The molecule has 2 heterocycles. The maximum Gasteiger partial charge on any atom is 0.274 e. The van der Waals surface area contributed by atoms with E-state index in [9.17, 15) is 9.59 Å². The van der Waals surface area contributed by atoms with E-state index in [4.69, 9.17) is 0 Å². The lowest BCUT2D eigenvalue weighted by Gasteiger charge is -2.11. The van der Waals surface area contributed by atoms with Crippen molar-refractivity contribution in [2.24, 2.45) is 0 Å². The van der Waals surface area contributed by atoms with Gasteiger partial charge in [-0.1, -0.05) is 24.3 Å². The lowest BCUT2D eigenvalue weighted by molar-refractivity contribution is 0.101. The fraction of sp³-hybridized carbons (Fsp3) is 0. The summed E-state index contributed by atoms with van der Waals surface area (Å²) in [7, 11) is 0. The Bertz CT molecular complexity index is 789. The third-order valence-corrected chi connectivity index (χ3v) is 3.22. The summed E-state index contributed by atoms with van der Waals surface area (Å²) in [5.74, 6) is -0.703. The summed E-state index contributed by atoms with van der Waals surface area (Å²) in [5, 5.41) is 5.49. The summed E-state index contributed by atoms with van der Waals surface area (Å²) < 4.78 is 0. The highest BCUT2D eigenvalue weighted by atomic mass is 19.0. The fourth-order valence-electron chi connectivity index (χ4n) is 2.07. The van der Waals surface area contributed by atoms with Gasteiger partial charge in [-0.2, -0.15) is 0 Å². The Kier molecular flexibility index (Phi) is 7.50. The minimum Gasteiger partial charge on any atom is -0.319 e. The second-order valence-electron chi connectivity index (χ2n) is 4.88. The standard InChI is InChI=1S/C18H14N4O2.2FH/c23-17(15-9-3-5-11-19-15)21-13-7-1-2-8-14(13)22-18(24)16-10-4-6-12-20-16;;/h1-12H,(H,21,23)(H,22,24);2*1H. The Morgan fingerprint density at radius 3 is 1.35 bits per heavy atom. The van der Waals surface area contributed by atoms with Gasteiger partial charge in [-0.15, -0.1) is 0 Å². The molecule has 2 aromatic heterocycles. The molecule has 0 spiro atoms. The van der Waals surface area contributed by atoms with Crippen molar-refractivity contribution in [2.45, 2.75) is 0 Å². The molecule has 0 aliphatic rings. The smallest absolute Gasteiger partial charge is 0.274 e. The van der Waals surface area contributed by atoms with Crippen LogP contribution in [0, 0.1) is 0 Å². The molecule has 0 aliphatic heterocycles. The molecule has 3 aromatic rings. The molecular formula is C18H16F2N4O2. The maximum absolute atomic E-state index is 12.2. The number of pyridine rings is 2. The molecule has 8 heteroatoms. The highest BCUT2D eigenvalue weighted by Crippen LogP contribution is 2.22. The third kappa shape index (κ3) is 4.91. The lowest BCUT2D eigenvalue weighted by atomic mass is 10.2. The number of aromatic nitrogens is 2. The molecule has 2 amide bonds. The average Bonchev–Trinajstić information content (AvgIpc) is 2.64. The molecule has 0 saturated heterocycles. The van der Waals surface area contributed by atoms with Crippen LogP contribution in [0.4, 0.5) is 20.8 Å². The van der Waals surface area contributed by atoms with E-state index in [1.54, 1.807) is 73.1 Å². The largest absolute Gasteiger partial charge is 0.319 e. The number of carbonyl (C=O) groups excluding carboxylic acids is 2. The first-order valence-corrected chi connectivity index (χ1v) is 7.28. The number of hydrogen-bond donors (Lipinski definition) is 2. The molecule has 26 heavy (non-hydrogen) atoms. The van der Waals surface area contributed by atoms with Gasteiger partial charge >= 0.3 is 0 Å². The third-order valence-electron chi connectivity index (χ3n) is 3.22. The second-order valence-corrected chi connectivity index (χ2v) is 4.88. The van der Waals surface area contributed by atoms with Crippen LogP contribution in [-0.2, 0) is 0 Å². The van der Waals surface area contributed by atoms with E-state index in [0.29, 0.717) is 22.8 Å². The molecule has 0 saturated carbocycles. The number of para-hydroxylation sites is 2. The van der Waals surface area contributed by atoms with Crippen LogP contribution in [0.15, 0.2) is 73.1 Å². The van der Waals surface area contributed by atoms with Gasteiger partial charge in [0.25, 0.3) is 11.8 Å². The first-order chi connectivity index (χ1) is 11.7. The molecule has 0 aliphatic carbocycles. The number of amides is 2. The minimum absolute atomic E-state index is 0. The van der Waals surface area contributed by atoms with Crippen molar-refractivity contribution in [3.63, 3.8) is 0 Å². The zero-order valence-corrected chi connectivity index (χ0v) is 13.5. The second kappa shape index (κ2) is 9.58. The zero-order valence-electron chi connectivity index (χ0n) is 13.5. The zero-order chi connectivity index (χ0) is 16.8. The van der Waals surface area contributed by atoms with Crippen molar-refractivity contribution in [3.8, 4) is 0 Å². The van der Waals surface area contributed by atoms with E-state index >= 15 is 0 Å². The highest BCUT2D eigenvalue weighted by Gasteiger charge is 2.12. The number of benzene rings is 1. The quantitative estimate of drug-likeness (QED) is 0.750. The van der Waals surface area contributed by atoms with Crippen molar-refractivity contribution >= 4 is 23.2 Å². The van der Waals surface area contributed by atoms with Gasteiger partial charge in [0.05, 0.1) is 11.4 Å². The van der Waals surface area contributed by atoms with Crippen molar-refractivity contribution in [3.05, 3.63) is 84.4 Å². The van der Waals surface area contributed by atoms with E-state index in [0.717, 1.165) is 0 Å². The first kappa shape index (κ1) is 20.4. The minimum atomic E-state index is -0.352. The van der Waals surface area contributed by atoms with E-state index in [-0.39, 0.29) is 21.2 Å². The Balaban J connectivity index is 0.00000169. The molecule has 0 bridgehead atoms. The summed E-state index contributed by atoms with van der Waals surface area (Å²) in [4.78, 5) is 32.5. The predicted molar refractivity (Wildman–Crippen MR) is 95.8 cm³/mol. The summed E-state index contributed by atoms with van der Waals surface area (Å²) >= 11 is 0. The molecule has 2 N–H and O–H groups in total. The molecule has 0 atom stereocenters. The van der Waals surface area contributed by atoms with Crippen molar-refractivity contribution < 1.29 is 19.0 Å². The van der Waals surface area contributed by atoms with Crippen LogP contribution >= 0.6 is 0 Å². The SMILES string of the molecule is F.F.O=C(Nc1ccccc1NC(=O)c1ccccn1)c1ccccn1. The normalized spacial score (nSPS) is 9.23.